The monoisotopic (exact) mass is 355 g/mol. The third-order valence-electron chi connectivity index (χ3n) is 3.26. The van der Waals surface area contributed by atoms with E-state index in [1.165, 1.54) is 18.0 Å². The summed E-state index contributed by atoms with van der Waals surface area (Å²) in [6.45, 7) is 3.80. The summed E-state index contributed by atoms with van der Waals surface area (Å²) in [6.07, 6.45) is 3.20. The number of rotatable bonds is 3. The molecule has 7 heteroatoms. The van der Waals surface area contributed by atoms with Crippen molar-refractivity contribution in [3.63, 3.8) is 0 Å². The number of fused-ring (bicyclic) bond motifs is 1. The van der Waals surface area contributed by atoms with Crippen molar-refractivity contribution in [3.8, 4) is 11.8 Å². The van der Waals surface area contributed by atoms with Gasteiger partial charge in [-0.15, -0.1) is 0 Å². The summed E-state index contributed by atoms with van der Waals surface area (Å²) in [6, 6.07) is 7.68. The molecule has 1 N–H and O–H groups in total. The average molecular weight is 355 g/mol. The van der Waals surface area contributed by atoms with Gasteiger partial charge in [0.1, 0.15) is 21.7 Å². The van der Waals surface area contributed by atoms with Crippen LogP contribution in [0.15, 0.2) is 29.3 Å². The van der Waals surface area contributed by atoms with Gasteiger partial charge in [0.25, 0.3) is 5.91 Å². The van der Waals surface area contributed by atoms with Crippen molar-refractivity contribution in [2.45, 2.75) is 20.0 Å². The minimum Gasteiger partial charge on any atom is -0.489 e. The van der Waals surface area contributed by atoms with E-state index >= 15 is 0 Å². The van der Waals surface area contributed by atoms with Crippen molar-refractivity contribution in [2.24, 2.45) is 0 Å². The number of nitriles is 1. The van der Waals surface area contributed by atoms with Crippen LogP contribution in [0.3, 0.4) is 0 Å². The van der Waals surface area contributed by atoms with Gasteiger partial charge in [-0.2, -0.15) is 5.26 Å². The minimum absolute atomic E-state index is 0.0711. The predicted molar refractivity (Wildman–Crippen MR) is 98.5 cm³/mol. The standard InChI is InChI=1S/C17H13N3O2S2/c1-9(2)22-15-11(7-18)8-19-13-4-3-10(5-12(13)15)6-14-16(21)20-17(23)24-14/h3-6,8-9H,1-2H3,(H,20,21,23)/b14-6-. The van der Waals surface area contributed by atoms with Gasteiger partial charge in [0.05, 0.1) is 16.5 Å². The van der Waals surface area contributed by atoms with Crippen LogP contribution in [0.2, 0.25) is 0 Å². The Balaban J connectivity index is 2.13. The fourth-order valence-electron chi connectivity index (χ4n) is 2.29. The highest BCUT2D eigenvalue weighted by Crippen LogP contribution is 2.32. The van der Waals surface area contributed by atoms with Gasteiger partial charge in [0.15, 0.2) is 0 Å². The lowest BCUT2D eigenvalue weighted by molar-refractivity contribution is -0.115. The maximum atomic E-state index is 11.8. The lowest BCUT2D eigenvalue weighted by atomic mass is 10.1. The molecular weight excluding hydrogens is 342 g/mol. The molecule has 3 rings (SSSR count). The molecule has 1 aromatic heterocycles. The van der Waals surface area contributed by atoms with Gasteiger partial charge < -0.3 is 10.1 Å². The molecule has 1 amide bonds. The smallest absolute Gasteiger partial charge is 0.263 e. The second kappa shape index (κ2) is 6.59. The van der Waals surface area contributed by atoms with Crippen molar-refractivity contribution in [2.75, 3.05) is 0 Å². The van der Waals surface area contributed by atoms with Crippen LogP contribution in [0, 0.1) is 11.3 Å². The largest absolute Gasteiger partial charge is 0.489 e. The fourth-order valence-corrected chi connectivity index (χ4v) is 3.33. The molecule has 2 aromatic rings. The number of pyridine rings is 1. The van der Waals surface area contributed by atoms with E-state index in [4.69, 9.17) is 17.0 Å². The summed E-state index contributed by atoms with van der Waals surface area (Å²) >= 11 is 6.22. The van der Waals surface area contributed by atoms with Gasteiger partial charge in [0.2, 0.25) is 0 Å². The van der Waals surface area contributed by atoms with Crippen molar-refractivity contribution in [1.29, 1.82) is 5.26 Å². The number of amides is 1. The van der Waals surface area contributed by atoms with Crippen molar-refractivity contribution in [3.05, 3.63) is 40.4 Å². The lowest BCUT2D eigenvalue weighted by Crippen LogP contribution is -2.17. The molecule has 2 heterocycles. The Hall–Kier alpha value is -2.43. The first-order valence-electron chi connectivity index (χ1n) is 7.22. The van der Waals surface area contributed by atoms with Crippen LogP contribution in [0.4, 0.5) is 0 Å². The first-order valence-corrected chi connectivity index (χ1v) is 8.45. The zero-order valence-corrected chi connectivity index (χ0v) is 14.6. The number of hydrogen-bond acceptors (Lipinski definition) is 6. The molecular formula is C17H13N3O2S2. The summed E-state index contributed by atoms with van der Waals surface area (Å²) < 4.78 is 6.27. The molecule has 24 heavy (non-hydrogen) atoms. The summed E-state index contributed by atoms with van der Waals surface area (Å²) in [5, 5.41) is 12.6. The van der Waals surface area contributed by atoms with Crippen LogP contribution >= 0.6 is 24.0 Å². The number of nitrogens with one attached hydrogen (secondary N) is 1. The number of thioether (sulfide) groups is 1. The van der Waals surface area contributed by atoms with Crippen LogP contribution in [-0.4, -0.2) is 21.3 Å². The highest BCUT2D eigenvalue weighted by molar-refractivity contribution is 8.26. The van der Waals surface area contributed by atoms with Crippen LogP contribution in [0.1, 0.15) is 25.0 Å². The van der Waals surface area contributed by atoms with Crippen molar-refractivity contribution < 1.29 is 9.53 Å². The van der Waals surface area contributed by atoms with E-state index in [-0.39, 0.29) is 12.0 Å². The van der Waals surface area contributed by atoms with E-state index in [1.54, 1.807) is 6.08 Å². The molecule has 0 spiro atoms. The van der Waals surface area contributed by atoms with Crippen molar-refractivity contribution >= 4 is 51.2 Å². The van der Waals surface area contributed by atoms with Gasteiger partial charge in [-0.1, -0.05) is 30.0 Å². The molecule has 1 aromatic carbocycles. The maximum Gasteiger partial charge on any atom is 0.263 e. The van der Waals surface area contributed by atoms with Gasteiger partial charge in [-0.3, -0.25) is 9.78 Å². The number of carbonyl (C=O) groups excluding carboxylic acids is 1. The highest BCUT2D eigenvalue weighted by Gasteiger charge is 2.22. The quantitative estimate of drug-likeness (QED) is 0.672. The number of thiocarbonyl (C=S) groups is 1. The van der Waals surface area contributed by atoms with Crippen LogP contribution in [0.5, 0.6) is 5.75 Å². The summed E-state index contributed by atoms with van der Waals surface area (Å²) in [5.74, 6) is 0.310. The third kappa shape index (κ3) is 3.25. The third-order valence-corrected chi connectivity index (χ3v) is 4.42. The number of hydrogen-bond donors (Lipinski definition) is 1. The molecule has 0 unspecified atom stereocenters. The number of nitrogens with zero attached hydrogens (tertiary/aromatic N) is 2. The Bertz CT molecular complexity index is 929. The van der Waals surface area contributed by atoms with Crippen molar-refractivity contribution in [1.82, 2.24) is 10.3 Å². The van der Waals surface area contributed by atoms with Gasteiger partial charge in [0, 0.05) is 11.6 Å². The number of benzene rings is 1. The highest BCUT2D eigenvalue weighted by atomic mass is 32.2. The SMILES string of the molecule is CC(C)Oc1c(C#N)cnc2ccc(/C=C3\SC(=S)NC3=O)cc12. The predicted octanol–water partition coefficient (Wildman–Crippen LogP) is 3.38. The topological polar surface area (TPSA) is 75.0 Å². The summed E-state index contributed by atoms with van der Waals surface area (Å²) in [7, 11) is 0. The lowest BCUT2D eigenvalue weighted by Gasteiger charge is -2.14. The second-order valence-corrected chi connectivity index (χ2v) is 7.13. The Morgan fingerprint density at radius 3 is 2.88 bits per heavy atom. The Labute approximate surface area is 148 Å². The van der Waals surface area contributed by atoms with Crippen LogP contribution < -0.4 is 10.1 Å². The first-order chi connectivity index (χ1) is 11.5. The molecule has 0 atom stereocenters. The van der Waals surface area contributed by atoms with Crippen LogP contribution in [-0.2, 0) is 4.79 Å². The normalized spacial score (nSPS) is 15.8. The molecule has 1 fully saturated rings. The van der Waals surface area contributed by atoms with E-state index in [0.717, 1.165) is 16.5 Å². The number of carbonyl (C=O) groups is 1. The Morgan fingerprint density at radius 2 is 2.25 bits per heavy atom. The zero-order chi connectivity index (χ0) is 17.3. The molecule has 1 aliphatic heterocycles. The van der Waals surface area contributed by atoms with E-state index in [2.05, 4.69) is 16.4 Å². The molecule has 0 bridgehead atoms. The Kier molecular flexibility index (Phi) is 4.51. The van der Waals surface area contributed by atoms with E-state index in [1.807, 2.05) is 32.0 Å². The second-order valence-electron chi connectivity index (χ2n) is 5.41. The summed E-state index contributed by atoms with van der Waals surface area (Å²) in [5.41, 5.74) is 1.93. The number of ether oxygens (including phenoxy) is 1. The van der Waals surface area contributed by atoms with Gasteiger partial charge in [-0.25, -0.2) is 0 Å². The average Bonchev–Trinajstić information content (AvgIpc) is 2.85. The van der Waals surface area contributed by atoms with E-state index < -0.39 is 0 Å². The van der Waals surface area contributed by atoms with Gasteiger partial charge >= 0.3 is 0 Å². The molecule has 1 aliphatic rings. The number of aromatic nitrogens is 1. The zero-order valence-electron chi connectivity index (χ0n) is 13.0. The Morgan fingerprint density at radius 1 is 1.46 bits per heavy atom. The molecule has 5 nitrogen and oxygen atoms in total. The van der Waals surface area contributed by atoms with E-state index in [9.17, 15) is 10.1 Å². The summed E-state index contributed by atoms with van der Waals surface area (Å²) in [4.78, 5) is 16.6. The molecule has 1 saturated heterocycles. The molecule has 120 valence electrons. The molecule has 0 saturated carbocycles. The van der Waals surface area contributed by atoms with E-state index in [0.29, 0.717) is 20.5 Å². The molecule has 0 radical (unpaired) electrons. The van der Waals surface area contributed by atoms with Gasteiger partial charge in [-0.05, 0) is 37.6 Å². The van der Waals surface area contributed by atoms with Crippen LogP contribution in [0.25, 0.3) is 17.0 Å². The molecule has 0 aliphatic carbocycles. The minimum atomic E-state index is -0.201. The first kappa shape index (κ1) is 16.4. The maximum absolute atomic E-state index is 11.8. The fraction of sp³-hybridized carbons (Fsp3) is 0.176.